The second-order valence-electron chi connectivity index (χ2n) is 12.3. The molecule has 0 spiro atoms. The molecule has 46 heavy (non-hydrogen) atoms. The van der Waals surface area contributed by atoms with Gasteiger partial charge >= 0.3 is 5.97 Å². The van der Waals surface area contributed by atoms with Crippen LogP contribution >= 0.6 is 23.2 Å². The molecule has 0 aliphatic carbocycles. The predicted molar refractivity (Wildman–Crippen MR) is 170 cm³/mol. The van der Waals surface area contributed by atoms with Crippen LogP contribution in [-0.2, 0) is 26.3 Å². The van der Waals surface area contributed by atoms with Crippen molar-refractivity contribution in [2.45, 2.75) is 75.7 Å². The van der Waals surface area contributed by atoms with Gasteiger partial charge < -0.3 is 20.3 Å². The van der Waals surface area contributed by atoms with Crippen LogP contribution in [0.15, 0.2) is 66.7 Å². The first-order valence-corrected chi connectivity index (χ1v) is 15.7. The molecule has 244 valence electrons. The number of halogens is 4. The van der Waals surface area contributed by atoms with E-state index in [2.05, 4.69) is 11.4 Å². The average molecular weight is 674 g/mol. The first-order valence-electron chi connectivity index (χ1n) is 14.9. The molecule has 0 amide bonds. The molecule has 7 nitrogen and oxygen atoms in total. The van der Waals surface area contributed by atoms with Crippen LogP contribution in [-0.4, -0.2) is 46.8 Å². The van der Waals surface area contributed by atoms with Crippen LogP contribution in [0.1, 0.15) is 62.1 Å². The zero-order valence-corrected chi connectivity index (χ0v) is 27.0. The van der Waals surface area contributed by atoms with Crippen molar-refractivity contribution in [3.05, 3.63) is 105 Å². The van der Waals surface area contributed by atoms with Gasteiger partial charge in [0.1, 0.15) is 29.4 Å². The molecule has 1 aliphatic heterocycles. The number of nitriles is 1. The summed E-state index contributed by atoms with van der Waals surface area (Å²) >= 11 is 12.3. The summed E-state index contributed by atoms with van der Waals surface area (Å²) in [5.41, 5.74) is -2.61. The fourth-order valence-electron chi connectivity index (χ4n) is 6.27. The highest BCUT2D eigenvalue weighted by Crippen LogP contribution is 2.53. The van der Waals surface area contributed by atoms with Crippen LogP contribution in [0, 0.1) is 28.4 Å². The summed E-state index contributed by atoms with van der Waals surface area (Å²) in [6.45, 7) is 2.79. The smallest absolute Gasteiger partial charge is 0.311 e. The van der Waals surface area contributed by atoms with E-state index in [4.69, 9.17) is 27.9 Å². The number of aliphatic hydroxyl groups is 2. The lowest BCUT2D eigenvalue weighted by molar-refractivity contribution is -0.156. The number of carbonyl (C=O) groups excluding carboxylic acids is 2. The summed E-state index contributed by atoms with van der Waals surface area (Å²) < 4.78 is 37.4. The number of hydrogen-bond donors (Lipinski definition) is 3. The van der Waals surface area contributed by atoms with Gasteiger partial charge in [-0.25, -0.2) is 8.78 Å². The van der Waals surface area contributed by atoms with E-state index in [1.165, 1.54) is 30.3 Å². The minimum Gasteiger partial charge on any atom is -0.460 e. The zero-order chi connectivity index (χ0) is 33.6. The molecule has 0 bridgehead atoms. The topological polar surface area (TPSA) is 120 Å². The van der Waals surface area contributed by atoms with Crippen molar-refractivity contribution in [2.24, 2.45) is 5.41 Å². The molecule has 5 atom stereocenters. The molecule has 11 heteroatoms. The third kappa shape index (κ3) is 7.43. The van der Waals surface area contributed by atoms with Crippen LogP contribution < -0.4 is 5.32 Å². The molecule has 0 aromatic heterocycles. The van der Waals surface area contributed by atoms with Crippen molar-refractivity contribution in [1.29, 1.82) is 5.26 Å². The first kappa shape index (κ1) is 35.5. The van der Waals surface area contributed by atoms with Crippen LogP contribution in [0.4, 0.5) is 8.78 Å². The molecule has 0 saturated carbocycles. The maximum atomic E-state index is 15.9. The van der Waals surface area contributed by atoms with Gasteiger partial charge in [-0.2, -0.15) is 5.26 Å². The number of nitrogens with one attached hydrogen (secondary N) is 1. The SMILES string of the molecule is CC(C)(C[C@@H]1N[C@@H](C(=O)CCC[C@H](O)CO)[C@H](c2cccc(Cl)c2F)[C@@]1(C#N)c1ccc(Cl)cc1F)C(=O)OCc1ccccc1. The first-order chi connectivity index (χ1) is 21.8. The molecule has 1 saturated heterocycles. The van der Waals surface area contributed by atoms with E-state index in [1.54, 1.807) is 13.8 Å². The van der Waals surface area contributed by atoms with Gasteiger partial charge in [-0.1, -0.05) is 71.7 Å². The van der Waals surface area contributed by atoms with Crippen LogP contribution in [0.2, 0.25) is 10.0 Å². The lowest BCUT2D eigenvalue weighted by Gasteiger charge is -2.37. The maximum Gasteiger partial charge on any atom is 0.311 e. The molecular weight excluding hydrogens is 637 g/mol. The van der Waals surface area contributed by atoms with Gasteiger partial charge in [0, 0.05) is 29.0 Å². The Hall–Kier alpha value is -3.39. The van der Waals surface area contributed by atoms with Crippen LogP contribution in [0.5, 0.6) is 0 Å². The third-order valence-corrected chi connectivity index (χ3v) is 9.16. The predicted octanol–water partition coefficient (Wildman–Crippen LogP) is 6.41. The van der Waals surface area contributed by atoms with Crippen molar-refractivity contribution in [1.82, 2.24) is 5.32 Å². The monoisotopic (exact) mass is 672 g/mol. The minimum atomic E-state index is -1.93. The van der Waals surface area contributed by atoms with Crippen molar-refractivity contribution in [3.63, 3.8) is 0 Å². The highest BCUT2D eigenvalue weighted by Gasteiger charge is 2.61. The number of aliphatic hydroxyl groups excluding tert-OH is 2. The standard InChI is InChI=1S/C35H36Cl2F2N2O5/c1-34(2,33(45)46-19-21-8-4-3-5-9-21)17-29-35(20-40,25-15-14-22(36)16-27(25)38)30(24-11-7-12-26(37)31(24)39)32(41-29)28(44)13-6-10-23(43)18-42/h3-5,7-9,11-12,14-16,23,29-30,32,41-43H,6,10,13,17-19H2,1-2H3/t23-,29-,30-,32-,35-/m0/s1. The molecule has 1 aliphatic rings. The maximum absolute atomic E-state index is 15.9. The van der Waals surface area contributed by atoms with E-state index < -0.39 is 64.9 Å². The number of ketones is 1. The Balaban J connectivity index is 1.82. The fourth-order valence-corrected chi connectivity index (χ4v) is 6.61. The summed E-state index contributed by atoms with van der Waals surface area (Å²) in [7, 11) is 0. The van der Waals surface area contributed by atoms with E-state index in [0.717, 1.165) is 11.6 Å². The van der Waals surface area contributed by atoms with Crippen molar-refractivity contribution >= 4 is 35.0 Å². The Kier molecular flexibility index (Phi) is 11.6. The van der Waals surface area contributed by atoms with Crippen LogP contribution in [0.3, 0.4) is 0 Å². The number of ether oxygens (including phenoxy) is 1. The Morgan fingerprint density at radius 3 is 2.48 bits per heavy atom. The average Bonchev–Trinajstić information content (AvgIpc) is 3.35. The molecule has 0 unspecified atom stereocenters. The Morgan fingerprint density at radius 2 is 1.83 bits per heavy atom. The normalized spacial score (nSPS) is 21.8. The second-order valence-corrected chi connectivity index (χ2v) is 13.1. The number of esters is 1. The summed E-state index contributed by atoms with van der Waals surface area (Å²) in [6, 6.07) is 17.1. The fraction of sp³-hybridized carbons (Fsp3) is 0.400. The van der Waals surface area contributed by atoms with Gasteiger partial charge in [0.05, 0.1) is 35.3 Å². The summed E-state index contributed by atoms with van der Waals surface area (Å²) in [5, 5.41) is 33.1. The number of hydrogen-bond acceptors (Lipinski definition) is 7. The van der Waals surface area contributed by atoms with E-state index in [1.807, 2.05) is 30.3 Å². The van der Waals surface area contributed by atoms with E-state index >= 15 is 8.78 Å². The Morgan fingerprint density at radius 1 is 1.11 bits per heavy atom. The largest absolute Gasteiger partial charge is 0.460 e. The van der Waals surface area contributed by atoms with Gasteiger partial charge in [0.2, 0.25) is 0 Å². The summed E-state index contributed by atoms with van der Waals surface area (Å²) in [5.74, 6) is -3.99. The number of Topliss-reactive ketones (excluding diaryl/α,β-unsaturated/α-hetero) is 1. The van der Waals surface area contributed by atoms with E-state index in [0.29, 0.717) is 0 Å². The number of carbonyl (C=O) groups is 2. The van der Waals surface area contributed by atoms with Gasteiger partial charge in [-0.15, -0.1) is 0 Å². The van der Waals surface area contributed by atoms with Crippen molar-refractivity contribution in [2.75, 3.05) is 6.61 Å². The van der Waals surface area contributed by atoms with Crippen molar-refractivity contribution in [3.8, 4) is 6.07 Å². The quantitative estimate of drug-likeness (QED) is 0.180. The Bertz CT molecular complexity index is 1600. The van der Waals surface area contributed by atoms with Gasteiger partial charge in [0.15, 0.2) is 0 Å². The van der Waals surface area contributed by atoms with Crippen LogP contribution in [0.25, 0.3) is 0 Å². The lowest BCUT2D eigenvalue weighted by atomic mass is 9.62. The molecular formula is C35H36Cl2F2N2O5. The summed E-state index contributed by atoms with van der Waals surface area (Å²) in [4.78, 5) is 27.4. The van der Waals surface area contributed by atoms with Gasteiger partial charge in [-0.05, 0) is 62.4 Å². The van der Waals surface area contributed by atoms with Crippen molar-refractivity contribution < 1.29 is 33.3 Å². The molecule has 3 aromatic carbocycles. The van der Waals surface area contributed by atoms with E-state index in [-0.39, 0.29) is 53.5 Å². The van der Waals surface area contributed by atoms with Gasteiger partial charge in [0.25, 0.3) is 0 Å². The highest BCUT2D eigenvalue weighted by atomic mass is 35.5. The molecule has 3 N–H and O–H groups in total. The minimum absolute atomic E-state index is 0.00750. The third-order valence-electron chi connectivity index (χ3n) is 8.63. The molecule has 1 fully saturated rings. The zero-order valence-electron chi connectivity index (χ0n) is 25.5. The number of benzene rings is 3. The highest BCUT2D eigenvalue weighted by molar-refractivity contribution is 6.31. The van der Waals surface area contributed by atoms with Gasteiger partial charge in [-0.3, -0.25) is 9.59 Å². The summed E-state index contributed by atoms with van der Waals surface area (Å²) in [6.07, 6.45) is -0.887. The molecule has 1 heterocycles. The molecule has 4 rings (SSSR count). The second kappa shape index (κ2) is 15.0. The number of rotatable bonds is 13. The molecule has 0 radical (unpaired) electrons. The number of nitrogens with zero attached hydrogens (tertiary/aromatic N) is 1. The Labute approximate surface area is 277 Å². The van der Waals surface area contributed by atoms with E-state index in [9.17, 15) is 25.1 Å². The lowest BCUT2D eigenvalue weighted by Crippen LogP contribution is -2.46. The molecule has 3 aromatic rings.